The summed E-state index contributed by atoms with van der Waals surface area (Å²) in [6.45, 7) is 10.4. The fourth-order valence-electron chi connectivity index (χ4n) is 2.18. The Hall–Kier alpha value is -0.370. The zero-order chi connectivity index (χ0) is 10.1. The van der Waals surface area contributed by atoms with E-state index in [4.69, 9.17) is 0 Å². The zero-order valence-electron chi connectivity index (χ0n) is 9.27. The lowest BCUT2D eigenvalue weighted by Gasteiger charge is -2.38. The van der Waals surface area contributed by atoms with Crippen LogP contribution in [0.3, 0.4) is 0 Å². The minimum Gasteiger partial charge on any atom is -0.353 e. The summed E-state index contributed by atoms with van der Waals surface area (Å²) < 4.78 is 0. The van der Waals surface area contributed by atoms with E-state index in [1.807, 2.05) is 0 Å². The molecule has 0 aromatic rings. The van der Waals surface area contributed by atoms with Crippen molar-refractivity contribution in [2.45, 2.75) is 57.5 Å². The predicted octanol–water partition coefficient (Wildman–Crippen LogP) is 1.66. The molecule has 0 aromatic heterocycles. The number of quaternary nitrogens is 1. The van der Waals surface area contributed by atoms with Gasteiger partial charge in [-0.1, -0.05) is 0 Å². The Morgan fingerprint density at radius 2 is 1.85 bits per heavy atom. The first-order chi connectivity index (χ1) is 5.87. The number of rotatable bonds is 2. The Morgan fingerprint density at radius 3 is 2.15 bits per heavy atom. The van der Waals surface area contributed by atoms with Crippen LogP contribution < -0.4 is 5.73 Å². The minimum atomic E-state index is 0.155. The summed E-state index contributed by atoms with van der Waals surface area (Å²) in [5.41, 5.74) is 4.60. The summed E-state index contributed by atoms with van der Waals surface area (Å²) in [7, 11) is 0. The first-order valence-electron chi connectivity index (χ1n) is 5.21. The number of hydrogen-bond acceptors (Lipinski definition) is 1. The van der Waals surface area contributed by atoms with Gasteiger partial charge in [0.1, 0.15) is 0 Å². The van der Waals surface area contributed by atoms with Crippen LogP contribution in [0.4, 0.5) is 0 Å². The van der Waals surface area contributed by atoms with Crippen LogP contribution >= 0.6 is 0 Å². The highest BCUT2D eigenvalue weighted by atomic mass is 14.8. The normalized spacial score (nSPS) is 35.8. The van der Waals surface area contributed by atoms with E-state index in [1.165, 1.54) is 25.7 Å². The number of aliphatic imine (C=N–C) groups is 1. The Morgan fingerprint density at radius 1 is 1.38 bits per heavy atom. The molecule has 1 rings (SSSR count). The molecule has 0 spiro atoms. The zero-order valence-corrected chi connectivity index (χ0v) is 9.27. The molecule has 0 amide bonds. The first-order valence-corrected chi connectivity index (χ1v) is 5.21. The van der Waals surface area contributed by atoms with E-state index < -0.39 is 0 Å². The molecule has 0 aromatic carbocycles. The van der Waals surface area contributed by atoms with Gasteiger partial charge in [0.25, 0.3) is 0 Å². The van der Waals surface area contributed by atoms with Crippen molar-refractivity contribution in [1.82, 2.24) is 0 Å². The van der Waals surface area contributed by atoms with Crippen molar-refractivity contribution < 1.29 is 5.73 Å². The highest BCUT2D eigenvalue weighted by molar-refractivity contribution is 5.26. The van der Waals surface area contributed by atoms with Crippen molar-refractivity contribution in [3.8, 4) is 0 Å². The smallest absolute Gasteiger partial charge is 0.0917 e. The third kappa shape index (κ3) is 2.53. The van der Waals surface area contributed by atoms with E-state index in [1.54, 1.807) is 0 Å². The molecule has 76 valence electrons. The van der Waals surface area contributed by atoms with Crippen LogP contribution in [0, 0.1) is 5.92 Å². The monoisotopic (exact) mass is 183 g/mol. The molecule has 1 aliphatic rings. The molecule has 1 fully saturated rings. The lowest BCUT2D eigenvalue weighted by molar-refractivity contribution is -0.482. The summed E-state index contributed by atoms with van der Waals surface area (Å²) in [5, 5.41) is 0. The Bertz CT molecular complexity index is 183. The van der Waals surface area contributed by atoms with E-state index in [9.17, 15) is 0 Å². The minimum absolute atomic E-state index is 0.155. The Labute approximate surface area is 81.6 Å². The summed E-state index contributed by atoms with van der Waals surface area (Å²) >= 11 is 0. The van der Waals surface area contributed by atoms with Gasteiger partial charge in [-0.05, 0) is 53.2 Å². The Kier molecular flexibility index (Phi) is 2.81. The fraction of sp³-hybridized carbons (Fsp3) is 0.909. The first kappa shape index (κ1) is 10.7. The molecule has 2 nitrogen and oxygen atoms in total. The highest BCUT2D eigenvalue weighted by Crippen LogP contribution is 2.37. The molecule has 0 radical (unpaired) electrons. The van der Waals surface area contributed by atoms with Crippen LogP contribution in [0.2, 0.25) is 0 Å². The van der Waals surface area contributed by atoms with Gasteiger partial charge in [-0.2, -0.15) is 0 Å². The maximum Gasteiger partial charge on any atom is 0.0917 e. The van der Waals surface area contributed by atoms with E-state index in [2.05, 4.69) is 38.2 Å². The topological polar surface area (TPSA) is 40.0 Å². The van der Waals surface area contributed by atoms with Crippen molar-refractivity contribution in [3.05, 3.63) is 0 Å². The van der Waals surface area contributed by atoms with E-state index in [-0.39, 0.29) is 11.1 Å². The van der Waals surface area contributed by atoms with Gasteiger partial charge in [0, 0.05) is 5.92 Å². The molecule has 1 aliphatic carbocycles. The molecular formula is C11H23N2+. The quantitative estimate of drug-likeness (QED) is 0.633. The molecule has 2 heteroatoms. The van der Waals surface area contributed by atoms with Gasteiger partial charge in [0.2, 0.25) is 0 Å². The number of nitrogens with zero attached hydrogens (tertiary/aromatic N) is 1. The molecule has 0 saturated heterocycles. The molecule has 1 saturated carbocycles. The van der Waals surface area contributed by atoms with Crippen LogP contribution in [-0.4, -0.2) is 17.8 Å². The van der Waals surface area contributed by atoms with Gasteiger partial charge < -0.3 is 5.73 Å². The standard InChI is InChI=1S/C11H22N2/c1-10(2,12)9-5-7-11(3,13-4)8-6-9/h9H,4-8,12H2,1-3H3/p+1. The molecule has 3 N–H and O–H groups in total. The fourth-order valence-corrected chi connectivity index (χ4v) is 2.18. The van der Waals surface area contributed by atoms with Crippen LogP contribution in [0.25, 0.3) is 0 Å². The summed E-state index contributed by atoms with van der Waals surface area (Å²) in [4.78, 5) is 4.23. The maximum absolute atomic E-state index is 4.23. The Balaban J connectivity index is 2.53. The van der Waals surface area contributed by atoms with Crippen molar-refractivity contribution >= 4 is 6.72 Å². The molecule has 0 atom stereocenters. The lowest BCUT2D eigenvalue weighted by atomic mass is 9.71. The van der Waals surface area contributed by atoms with Gasteiger partial charge in [0.15, 0.2) is 0 Å². The van der Waals surface area contributed by atoms with Gasteiger partial charge in [-0.25, -0.2) is 0 Å². The van der Waals surface area contributed by atoms with Gasteiger partial charge in [-0.3, -0.25) is 4.99 Å². The second-order valence-electron chi connectivity index (χ2n) is 5.42. The molecule has 13 heavy (non-hydrogen) atoms. The third-order valence-corrected chi connectivity index (χ3v) is 3.55. The van der Waals surface area contributed by atoms with Gasteiger partial charge >= 0.3 is 0 Å². The summed E-state index contributed by atoms with van der Waals surface area (Å²) in [5.74, 6) is 0.766. The predicted molar refractivity (Wildman–Crippen MR) is 56.9 cm³/mol. The molecular weight excluding hydrogens is 160 g/mol. The maximum atomic E-state index is 4.23. The van der Waals surface area contributed by atoms with Crippen LogP contribution in [-0.2, 0) is 0 Å². The average Bonchev–Trinajstić information content (AvgIpc) is 2.04. The SMILES string of the molecule is C=NC1(C)CCC(C(C)(C)[NH3+])CC1. The molecule has 0 bridgehead atoms. The molecule has 0 aliphatic heterocycles. The van der Waals surface area contributed by atoms with E-state index >= 15 is 0 Å². The van der Waals surface area contributed by atoms with Crippen molar-refractivity contribution in [2.24, 2.45) is 10.9 Å². The highest BCUT2D eigenvalue weighted by Gasteiger charge is 2.37. The van der Waals surface area contributed by atoms with Crippen LogP contribution in [0.15, 0.2) is 4.99 Å². The third-order valence-electron chi connectivity index (χ3n) is 3.55. The van der Waals surface area contributed by atoms with Crippen molar-refractivity contribution in [2.75, 3.05) is 0 Å². The summed E-state index contributed by atoms with van der Waals surface area (Å²) in [6.07, 6.45) is 4.87. The average molecular weight is 183 g/mol. The number of hydrogen-bond donors (Lipinski definition) is 1. The largest absolute Gasteiger partial charge is 0.353 e. The van der Waals surface area contributed by atoms with E-state index in [0.29, 0.717) is 0 Å². The van der Waals surface area contributed by atoms with Gasteiger partial charge in [0.05, 0.1) is 11.1 Å². The second kappa shape index (κ2) is 3.41. The summed E-state index contributed by atoms with van der Waals surface area (Å²) in [6, 6.07) is 0. The second-order valence-corrected chi connectivity index (χ2v) is 5.42. The molecule has 0 heterocycles. The lowest BCUT2D eigenvalue weighted by Crippen LogP contribution is -2.73. The van der Waals surface area contributed by atoms with Crippen LogP contribution in [0.1, 0.15) is 46.5 Å². The van der Waals surface area contributed by atoms with Crippen LogP contribution in [0.5, 0.6) is 0 Å². The van der Waals surface area contributed by atoms with Crippen molar-refractivity contribution in [1.29, 1.82) is 0 Å². The van der Waals surface area contributed by atoms with Crippen molar-refractivity contribution in [3.63, 3.8) is 0 Å². The van der Waals surface area contributed by atoms with E-state index in [0.717, 1.165) is 5.92 Å². The molecule has 0 unspecified atom stereocenters. The van der Waals surface area contributed by atoms with Gasteiger partial charge in [-0.15, -0.1) is 0 Å².